The highest BCUT2D eigenvalue weighted by Crippen LogP contribution is 2.05. The van der Waals surface area contributed by atoms with E-state index in [0.717, 1.165) is 0 Å². The number of carbonyl (C=O) groups excluding carboxylic acids is 1. The van der Waals surface area contributed by atoms with Crippen LogP contribution in [0.4, 0.5) is 0 Å². The van der Waals surface area contributed by atoms with Crippen LogP contribution in [-0.4, -0.2) is 36.5 Å². The smallest absolute Gasteiger partial charge is 0.259 e. The predicted octanol–water partition coefficient (Wildman–Crippen LogP) is 0.549. The van der Waals surface area contributed by atoms with Gasteiger partial charge < -0.3 is 9.64 Å². The molecule has 0 unspecified atom stereocenters. The van der Waals surface area contributed by atoms with Crippen molar-refractivity contribution in [3.05, 3.63) is 24.5 Å². The van der Waals surface area contributed by atoms with Crippen LogP contribution >= 0.6 is 0 Å². The maximum Gasteiger partial charge on any atom is 0.259 e. The summed E-state index contributed by atoms with van der Waals surface area (Å²) in [5.41, 5.74) is 0. The molecule has 0 aromatic carbocycles. The van der Waals surface area contributed by atoms with E-state index in [1.807, 2.05) is 0 Å². The molecule has 4 heteroatoms. The summed E-state index contributed by atoms with van der Waals surface area (Å²) in [5, 5.41) is 0. The Kier molecular flexibility index (Phi) is 3.25. The van der Waals surface area contributed by atoms with Crippen LogP contribution in [0.5, 0.6) is 5.75 Å². The zero-order chi connectivity index (χ0) is 9.68. The number of amides is 1. The van der Waals surface area contributed by atoms with Crippen LogP contribution in [0.25, 0.3) is 0 Å². The number of pyridine rings is 1. The third-order valence-electron chi connectivity index (χ3n) is 1.50. The molecule has 0 atom stereocenters. The third kappa shape index (κ3) is 3.11. The van der Waals surface area contributed by atoms with Crippen molar-refractivity contribution < 1.29 is 9.53 Å². The van der Waals surface area contributed by atoms with E-state index in [0.29, 0.717) is 5.75 Å². The number of ether oxygens (including phenoxy) is 1. The van der Waals surface area contributed by atoms with Gasteiger partial charge in [0.05, 0.1) is 6.20 Å². The second-order valence-corrected chi connectivity index (χ2v) is 2.77. The molecule has 1 rings (SSSR count). The SMILES string of the molecule is CN(C)C(=O)COc1cccnc1. The largest absolute Gasteiger partial charge is 0.482 e. The van der Waals surface area contributed by atoms with Crippen LogP contribution in [0.15, 0.2) is 24.5 Å². The summed E-state index contributed by atoms with van der Waals surface area (Å²) in [5.74, 6) is 0.543. The molecule has 1 aromatic heterocycles. The number of hydrogen-bond acceptors (Lipinski definition) is 3. The highest BCUT2D eigenvalue weighted by molar-refractivity contribution is 5.77. The van der Waals surface area contributed by atoms with Crippen LogP contribution in [0.3, 0.4) is 0 Å². The van der Waals surface area contributed by atoms with Gasteiger partial charge in [-0.2, -0.15) is 0 Å². The minimum atomic E-state index is -0.0659. The van der Waals surface area contributed by atoms with E-state index >= 15 is 0 Å². The van der Waals surface area contributed by atoms with Gasteiger partial charge in [-0.1, -0.05) is 0 Å². The van der Waals surface area contributed by atoms with Crippen LogP contribution in [0.2, 0.25) is 0 Å². The van der Waals surface area contributed by atoms with Gasteiger partial charge in [0.25, 0.3) is 5.91 Å². The first kappa shape index (κ1) is 9.51. The summed E-state index contributed by atoms with van der Waals surface area (Å²) in [6.45, 7) is 0.0543. The molecule has 0 saturated heterocycles. The van der Waals surface area contributed by atoms with Gasteiger partial charge in [0.1, 0.15) is 5.75 Å². The predicted molar refractivity (Wildman–Crippen MR) is 48.4 cm³/mol. The molecule has 13 heavy (non-hydrogen) atoms. The average Bonchev–Trinajstić information content (AvgIpc) is 2.15. The number of likely N-dealkylation sites (N-methyl/N-ethyl adjacent to an activating group) is 1. The Morgan fingerprint density at radius 2 is 2.38 bits per heavy atom. The molecule has 4 nitrogen and oxygen atoms in total. The van der Waals surface area contributed by atoms with Crippen molar-refractivity contribution in [1.29, 1.82) is 0 Å². The van der Waals surface area contributed by atoms with Crippen LogP contribution in [-0.2, 0) is 4.79 Å². The van der Waals surface area contributed by atoms with Gasteiger partial charge in [-0.3, -0.25) is 9.78 Å². The zero-order valence-electron chi connectivity index (χ0n) is 7.73. The number of rotatable bonds is 3. The zero-order valence-corrected chi connectivity index (χ0v) is 7.73. The van der Waals surface area contributed by atoms with Crippen molar-refractivity contribution in [3.63, 3.8) is 0 Å². The second kappa shape index (κ2) is 4.45. The van der Waals surface area contributed by atoms with Crippen molar-refractivity contribution in [2.24, 2.45) is 0 Å². The highest BCUT2D eigenvalue weighted by atomic mass is 16.5. The molecule has 0 saturated carbocycles. The van der Waals surface area contributed by atoms with Crippen molar-refractivity contribution in [2.75, 3.05) is 20.7 Å². The topological polar surface area (TPSA) is 42.4 Å². The van der Waals surface area contributed by atoms with E-state index in [1.54, 1.807) is 38.6 Å². The molecule has 0 spiro atoms. The van der Waals surface area contributed by atoms with E-state index in [9.17, 15) is 4.79 Å². The quantitative estimate of drug-likeness (QED) is 0.682. The van der Waals surface area contributed by atoms with E-state index in [-0.39, 0.29) is 12.5 Å². The molecular weight excluding hydrogens is 168 g/mol. The molecule has 0 aliphatic rings. The number of hydrogen-bond donors (Lipinski definition) is 0. The fourth-order valence-corrected chi connectivity index (χ4v) is 0.707. The van der Waals surface area contributed by atoms with Gasteiger partial charge in [-0.05, 0) is 12.1 Å². The van der Waals surface area contributed by atoms with E-state index in [1.165, 1.54) is 4.90 Å². The molecule has 1 amide bonds. The molecule has 1 aromatic rings. The Balaban J connectivity index is 2.40. The fraction of sp³-hybridized carbons (Fsp3) is 0.333. The van der Waals surface area contributed by atoms with Crippen molar-refractivity contribution in [3.8, 4) is 5.75 Å². The van der Waals surface area contributed by atoms with Gasteiger partial charge in [-0.15, -0.1) is 0 Å². The summed E-state index contributed by atoms with van der Waals surface area (Å²) in [6, 6.07) is 3.52. The van der Waals surface area contributed by atoms with Gasteiger partial charge in [0.2, 0.25) is 0 Å². The molecule has 1 heterocycles. The normalized spacial score (nSPS) is 9.38. The van der Waals surface area contributed by atoms with E-state index in [2.05, 4.69) is 4.98 Å². The maximum atomic E-state index is 11.1. The van der Waals surface area contributed by atoms with Gasteiger partial charge in [0, 0.05) is 20.3 Å². The number of aromatic nitrogens is 1. The van der Waals surface area contributed by atoms with Crippen LogP contribution in [0.1, 0.15) is 0 Å². The van der Waals surface area contributed by atoms with Gasteiger partial charge in [0.15, 0.2) is 6.61 Å². The van der Waals surface area contributed by atoms with Crippen LogP contribution < -0.4 is 4.74 Å². The van der Waals surface area contributed by atoms with E-state index in [4.69, 9.17) is 4.74 Å². The summed E-state index contributed by atoms with van der Waals surface area (Å²) < 4.78 is 5.18. The minimum Gasteiger partial charge on any atom is -0.482 e. The average molecular weight is 180 g/mol. The second-order valence-electron chi connectivity index (χ2n) is 2.77. The van der Waals surface area contributed by atoms with Crippen LogP contribution in [0, 0.1) is 0 Å². The fourth-order valence-electron chi connectivity index (χ4n) is 0.707. The Morgan fingerprint density at radius 3 is 2.92 bits per heavy atom. The molecule has 0 N–H and O–H groups in total. The first-order chi connectivity index (χ1) is 6.20. The van der Waals surface area contributed by atoms with E-state index < -0.39 is 0 Å². The summed E-state index contributed by atoms with van der Waals surface area (Å²) in [7, 11) is 3.38. The lowest BCUT2D eigenvalue weighted by atomic mass is 10.5. The first-order valence-corrected chi connectivity index (χ1v) is 3.93. The summed E-state index contributed by atoms with van der Waals surface area (Å²) in [6.07, 6.45) is 3.23. The van der Waals surface area contributed by atoms with Crippen molar-refractivity contribution >= 4 is 5.91 Å². The van der Waals surface area contributed by atoms with Crippen molar-refractivity contribution in [1.82, 2.24) is 9.88 Å². The number of nitrogens with zero attached hydrogens (tertiary/aromatic N) is 2. The summed E-state index contributed by atoms with van der Waals surface area (Å²) >= 11 is 0. The molecule has 70 valence electrons. The standard InChI is InChI=1S/C9H12N2O2/c1-11(2)9(12)7-13-8-4-3-5-10-6-8/h3-6H,7H2,1-2H3. The Bertz CT molecular complexity index is 272. The van der Waals surface area contributed by atoms with Gasteiger partial charge in [-0.25, -0.2) is 0 Å². The first-order valence-electron chi connectivity index (χ1n) is 3.93. The molecular formula is C9H12N2O2. The van der Waals surface area contributed by atoms with Gasteiger partial charge >= 0.3 is 0 Å². The van der Waals surface area contributed by atoms with Crippen molar-refractivity contribution in [2.45, 2.75) is 0 Å². The number of carbonyl (C=O) groups is 1. The molecule has 0 fully saturated rings. The third-order valence-corrected chi connectivity index (χ3v) is 1.50. The molecule has 0 aliphatic heterocycles. The molecule has 0 radical (unpaired) electrons. The Hall–Kier alpha value is -1.58. The lowest BCUT2D eigenvalue weighted by molar-refractivity contribution is -0.130. The molecule has 0 bridgehead atoms. The Labute approximate surface area is 77.1 Å². The lowest BCUT2D eigenvalue weighted by Gasteiger charge is -2.10. The monoisotopic (exact) mass is 180 g/mol. The Morgan fingerprint density at radius 1 is 1.62 bits per heavy atom. The highest BCUT2D eigenvalue weighted by Gasteiger charge is 2.03. The molecule has 0 aliphatic carbocycles. The lowest BCUT2D eigenvalue weighted by Crippen LogP contribution is -2.27. The summed E-state index contributed by atoms with van der Waals surface area (Å²) in [4.78, 5) is 16.4. The minimum absolute atomic E-state index is 0.0543. The maximum absolute atomic E-state index is 11.1.